The zero-order chi connectivity index (χ0) is 18.2. The molecule has 0 radical (unpaired) electrons. The van der Waals surface area contributed by atoms with Gasteiger partial charge in [0, 0.05) is 19.6 Å². The zero-order valence-electron chi connectivity index (χ0n) is 14.2. The van der Waals surface area contributed by atoms with Crippen LogP contribution < -0.4 is 4.74 Å². The highest BCUT2D eigenvalue weighted by molar-refractivity contribution is 6.32. The third-order valence-corrected chi connectivity index (χ3v) is 4.13. The Labute approximate surface area is 152 Å². The van der Waals surface area contributed by atoms with Crippen LogP contribution in [0.4, 0.5) is 0 Å². The lowest BCUT2D eigenvalue weighted by atomic mass is 10.2. The van der Waals surface area contributed by atoms with E-state index in [1.54, 1.807) is 29.0 Å². The smallest absolute Gasteiger partial charge is 0.317 e. The molecule has 8 heteroatoms. The van der Waals surface area contributed by atoms with E-state index >= 15 is 0 Å². The fourth-order valence-corrected chi connectivity index (χ4v) is 2.86. The summed E-state index contributed by atoms with van der Waals surface area (Å²) >= 11 is 6.01. The maximum absolute atomic E-state index is 12.3. The normalized spacial score (nSPS) is 17.6. The number of carboxylic acid groups (broad SMARTS) is 1. The topological polar surface area (TPSA) is 79.3 Å². The number of ether oxygens (including phenoxy) is 2. The molecule has 0 bridgehead atoms. The Bertz CT molecular complexity index is 598. The number of likely N-dealkylation sites (N-methyl/N-ethyl adjacent to an activating group) is 1. The summed E-state index contributed by atoms with van der Waals surface area (Å²) < 4.78 is 11.2. The van der Waals surface area contributed by atoms with Gasteiger partial charge in [0.1, 0.15) is 5.75 Å². The molecule has 2 rings (SSSR count). The fourth-order valence-electron chi connectivity index (χ4n) is 2.67. The van der Waals surface area contributed by atoms with E-state index in [0.29, 0.717) is 37.0 Å². The average Bonchev–Trinajstić information content (AvgIpc) is 2.56. The van der Waals surface area contributed by atoms with Gasteiger partial charge in [-0.25, -0.2) is 0 Å². The molecular weight excluding hydrogens is 348 g/mol. The van der Waals surface area contributed by atoms with Crippen molar-refractivity contribution in [1.82, 2.24) is 9.80 Å². The van der Waals surface area contributed by atoms with E-state index in [1.807, 2.05) is 12.1 Å². The van der Waals surface area contributed by atoms with Crippen LogP contribution in [0.3, 0.4) is 0 Å². The second kappa shape index (κ2) is 9.60. The number of amides is 1. The molecule has 7 nitrogen and oxygen atoms in total. The van der Waals surface area contributed by atoms with Gasteiger partial charge in [-0.05, 0) is 19.2 Å². The minimum atomic E-state index is -0.886. The first kappa shape index (κ1) is 19.5. The van der Waals surface area contributed by atoms with Gasteiger partial charge in [0.2, 0.25) is 5.91 Å². The number of hydrogen-bond acceptors (Lipinski definition) is 5. The molecule has 0 saturated carbocycles. The highest BCUT2D eigenvalue weighted by atomic mass is 35.5. The second-order valence-corrected chi connectivity index (χ2v) is 6.36. The quantitative estimate of drug-likeness (QED) is 0.744. The van der Waals surface area contributed by atoms with Gasteiger partial charge in [0.05, 0.1) is 37.3 Å². The van der Waals surface area contributed by atoms with Crippen molar-refractivity contribution in [3.63, 3.8) is 0 Å². The van der Waals surface area contributed by atoms with Gasteiger partial charge in [0.25, 0.3) is 0 Å². The standard InChI is InChI=1S/C17H23ClN2O5/c1-19(12-17(22)23)10-13-11-20(7-9-24-13)16(21)6-8-25-15-5-3-2-4-14(15)18/h2-5,13H,6-12H2,1H3,(H,22,23). The Morgan fingerprint density at radius 2 is 2.20 bits per heavy atom. The maximum atomic E-state index is 12.3. The molecule has 1 aliphatic heterocycles. The number of morpholine rings is 1. The van der Waals surface area contributed by atoms with Gasteiger partial charge in [0.15, 0.2) is 0 Å². The number of carbonyl (C=O) groups excluding carboxylic acids is 1. The van der Waals surface area contributed by atoms with Crippen molar-refractivity contribution in [3.8, 4) is 5.75 Å². The van der Waals surface area contributed by atoms with E-state index in [4.69, 9.17) is 26.2 Å². The van der Waals surface area contributed by atoms with Gasteiger partial charge >= 0.3 is 5.97 Å². The van der Waals surface area contributed by atoms with Gasteiger partial charge < -0.3 is 19.5 Å². The van der Waals surface area contributed by atoms with Crippen molar-refractivity contribution in [2.24, 2.45) is 0 Å². The number of carbonyl (C=O) groups is 2. The average molecular weight is 371 g/mol. The summed E-state index contributed by atoms with van der Waals surface area (Å²) in [5.41, 5.74) is 0. The lowest BCUT2D eigenvalue weighted by molar-refractivity contribution is -0.142. The molecule has 1 fully saturated rings. The lowest BCUT2D eigenvalue weighted by Crippen LogP contribution is -2.49. The van der Waals surface area contributed by atoms with E-state index in [0.717, 1.165) is 0 Å². The highest BCUT2D eigenvalue weighted by Crippen LogP contribution is 2.23. The summed E-state index contributed by atoms with van der Waals surface area (Å²) in [5, 5.41) is 9.31. The molecule has 1 unspecified atom stereocenters. The van der Waals surface area contributed by atoms with E-state index in [2.05, 4.69) is 0 Å². The van der Waals surface area contributed by atoms with Crippen LogP contribution in [0.1, 0.15) is 6.42 Å². The third kappa shape index (κ3) is 6.53. The van der Waals surface area contributed by atoms with E-state index in [9.17, 15) is 9.59 Å². The fraction of sp³-hybridized carbons (Fsp3) is 0.529. The largest absolute Gasteiger partial charge is 0.491 e. The number of aliphatic carboxylic acids is 1. The predicted molar refractivity (Wildman–Crippen MR) is 93.0 cm³/mol. The molecule has 0 aromatic heterocycles. The highest BCUT2D eigenvalue weighted by Gasteiger charge is 2.25. The summed E-state index contributed by atoms with van der Waals surface area (Å²) in [6, 6.07) is 7.13. The summed E-state index contributed by atoms with van der Waals surface area (Å²) in [7, 11) is 1.72. The number of rotatable bonds is 8. The molecule has 1 N–H and O–H groups in total. The molecule has 138 valence electrons. The van der Waals surface area contributed by atoms with Gasteiger partial charge in [-0.15, -0.1) is 0 Å². The number of para-hydroxylation sites is 1. The molecule has 1 aromatic carbocycles. The summed E-state index contributed by atoms with van der Waals surface area (Å²) in [6.45, 7) is 2.09. The number of benzene rings is 1. The molecule has 0 aliphatic carbocycles. The number of hydrogen-bond donors (Lipinski definition) is 1. The van der Waals surface area contributed by atoms with Crippen LogP contribution in [0, 0.1) is 0 Å². The van der Waals surface area contributed by atoms with Crippen molar-refractivity contribution < 1.29 is 24.2 Å². The van der Waals surface area contributed by atoms with Crippen molar-refractivity contribution in [3.05, 3.63) is 29.3 Å². The molecule has 1 atom stereocenters. The van der Waals surface area contributed by atoms with Crippen molar-refractivity contribution in [2.75, 3.05) is 46.4 Å². The first-order chi connectivity index (χ1) is 12.0. The number of nitrogens with zero attached hydrogens (tertiary/aromatic N) is 2. The molecule has 1 heterocycles. The second-order valence-electron chi connectivity index (χ2n) is 5.95. The van der Waals surface area contributed by atoms with Crippen LogP contribution in [0.15, 0.2) is 24.3 Å². The molecule has 1 saturated heterocycles. The number of halogens is 1. The molecule has 0 spiro atoms. The SMILES string of the molecule is CN(CC(=O)O)CC1CN(C(=O)CCOc2ccccc2Cl)CCO1. The Hall–Kier alpha value is -1.83. The molecular formula is C17H23ClN2O5. The molecule has 25 heavy (non-hydrogen) atoms. The van der Waals surface area contributed by atoms with Gasteiger partial charge in [-0.1, -0.05) is 23.7 Å². The summed E-state index contributed by atoms with van der Waals surface area (Å²) in [6.07, 6.45) is 0.0645. The Morgan fingerprint density at radius 1 is 1.44 bits per heavy atom. The first-order valence-corrected chi connectivity index (χ1v) is 8.50. The van der Waals surface area contributed by atoms with E-state index in [1.165, 1.54) is 0 Å². The van der Waals surface area contributed by atoms with Crippen LogP contribution in [-0.4, -0.2) is 79.3 Å². The Morgan fingerprint density at radius 3 is 2.92 bits per heavy atom. The third-order valence-electron chi connectivity index (χ3n) is 3.82. The first-order valence-electron chi connectivity index (χ1n) is 8.12. The van der Waals surface area contributed by atoms with Crippen LogP contribution in [0.5, 0.6) is 5.75 Å². The summed E-state index contributed by atoms with van der Waals surface area (Å²) in [5.74, 6) is -0.337. The maximum Gasteiger partial charge on any atom is 0.317 e. The summed E-state index contributed by atoms with van der Waals surface area (Å²) in [4.78, 5) is 26.4. The predicted octanol–water partition coefficient (Wildman–Crippen LogP) is 1.35. The van der Waals surface area contributed by atoms with Crippen LogP contribution in [0.25, 0.3) is 0 Å². The monoisotopic (exact) mass is 370 g/mol. The van der Waals surface area contributed by atoms with E-state index in [-0.39, 0.29) is 31.6 Å². The number of carboxylic acids is 1. The van der Waals surface area contributed by atoms with Gasteiger partial charge in [-0.3, -0.25) is 14.5 Å². The van der Waals surface area contributed by atoms with E-state index < -0.39 is 5.97 Å². The van der Waals surface area contributed by atoms with Crippen LogP contribution >= 0.6 is 11.6 Å². The minimum Gasteiger partial charge on any atom is -0.491 e. The minimum absolute atomic E-state index is 0.0127. The van der Waals surface area contributed by atoms with Crippen molar-refractivity contribution >= 4 is 23.5 Å². The van der Waals surface area contributed by atoms with Crippen LogP contribution in [0.2, 0.25) is 5.02 Å². The van der Waals surface area contributed by atoms with Gasteiger partial charge in [-0.2, -0.15) is 0 Å². The molecule has 1 amide bonds. The molecule has 1 aromatic rings. The Kier molecular flexibility index (Phi) is 7.49. The Balaban J connectivity index is 1.75. The van der Waals surface area contributed by atoms with Crippen molar-refractivity contribution in [2.45, 2.75) is 12.5 Å². The lowest BCUT2D eigenvalue weighted by Gasteiger charge is -2.34. The van der Waals surface area contributed by atoms with Crippen molar-refractivity contribution in [1.29, 1.82) is 0 Å². The van der Waals surface area contributed by atoms with Crippen LogP contribution in [-0.2, 0) is 14.3 Å². The zero-order valence-corrected chi connectivity index (χ0v) is 14.9. The molecule has 1 aliphatic rings.